The number of carbonyl (C=O) groups is 2. The van der Waals surface area contributed by atoms with Crippen molar-refractivity contribution < 1.29 is 42.4 Å². The van der Waals surface area contributed by atoms with Crippen molar-refractivity contribution in [1.29, 1.82) is 0 Å². The predicted molar refractivity (Wildman–Crippen MR) is 128 cm³/mol. The van der Waals surface area contributed by atoms with Gasteiger partial charge in [0.25, 0.3) is 0 Å². The Labute approximate surface area is 209 Å². The fourth-order valence-electron chi connectivity index (χ4n) is 3.23. The molecule has 0 heterocycles. The van der Waals surface area contributed by atoms with E-state index in [1.54, 1.807) is 31.2 Å². The van der Waals surface area contributed by atoms with Gasteiger partial charge in [0, 0.05) is 38.9 Å². The normalized spacial score (nSPS) is 11.7. The summed E-state index contributed by atoms with van der Waals surface area (Å²) < 4.78 is 48.3. The van der Waals surface area contributed by atoms with Gasteiger partial charge >= 0.3 is 12.1 Å². The third-order valence-corrected chi connectivity index (χ3v) is 5.04. The summed E-state index contributed by atoms with van der Waals surface area (Å²) in [6, 6.07) is 9.81. The van der Waals surface area contributed by atoms with E-state index in [0.29, 0.717) is 38.5 Å². The van der Waals surface area contributed by atoms with Crippen LogP contribution in [0.5, 0.6) is 11.5 Å². The van der Waals surface area contributed by atoms with Crippen LogP contribution in [0.1, 0.15) is 32.3 Å². The van der Waals surface area contributed by atoms with Crippen molar-refractivity contribution in [2.75, 3.05) is 39.5 Å². The predicted octanol–water partition coefficient (Wildman–Crippen LogP) is 4.69. The largest absolute Gasteiger partial charge is 0.492 e. The van der Waals surface area contributed by atoms with Crippen molar-refractivity contribution in [2.24, 2.45) is 0 Å². The van der Waals surface area contributed by atoms with Crippen LogP contribution in [0.3, 0.4) is 0 Å². The second kappa shape index (κ2) is 15.7. The zero-order valence-corrected chi connectivity index (χ0v) is 20.6. The number of benzene rings is 2. The molecule has 1 atom stereocenters. The minimum Gasteiger partial charge on any atom is -0.492 e. The van der Waals surface area contributed by atoms with Crippen molar-refractivity contribution in [2.45, 2.75) is 39.2 Å². The van der Waals surface area contributed by atoms with E-state index in [4.69, 9.17) is 18.9 Å². The highest BCUT2D eigenvalue weighted by atomic mass is 19.2. The van der Waals surface area contributed by atoms with Crippen molar-refractivity contribution in [3.63, 3.8) is 0 Å². The number of carboxylic acid groups (broad SMARTS) is 1. The quantitative estimate of drug-likeness (QED) is 0.328. The van der Waals surface area contributed by atoms with Crippen LogP contribution in [-0.4, -0.2) is 67.7 Å². The van der Waals surface area contributed by atoms with E-state index in [9.17, 15) is 23.5 Å². The van der Waals surface area contributed by atoms with Crippen LogP contribution in [0.4, 0.5) is 13.6 Å². The second-order valence-corrected chi connectivity index (χ2v) is 7.88. The van der Waals surface area contributed by atoms with Gasteiger partial charge in [-0.2, -0.15) is 0 Å². The number of halogens is 2. The summed E-state index contributed by atoms with van der Waals surface area (Å²) in [5.41, 5.74) is 0.784. The van der Waals surface area contributed by atoms with E-state index < -0.39 is 29.8 Å². The SMILES string of the molecule is CCCOCCCN(CCOc1ccc(CC(OCC)C(=O)O)cc1)C(=O)Oc1ccc(F)c(F)c1. The summed E-state index contributed by atoms with van der Waals surface area (Å²) in [6.07, 6.45) is 0.0412. The topological polar surface area (TPSA) is 94.5 Å². The van der Waals surface area contributed by atoms with E-state index in [2.05, 4.69) is 0 Å². The zero-order chi connectivity index (χ0) is 26.3. The molecular formula is C26H33F2NO7. The number of carboxylic acids is 1. The van der Waals surface area contributed by atoms with Gasteiger partial charge in [-0.3, -0.25) is 0 Å². The van der Waals surface area contributed by atoms with E-state index in [1.807, 2.05) is 6.92 Å². The molecule has 0 saturated carbocycles. The van der Waals surface area contributed by atoms with Gasteiger partial charge in [-0.15, -0.1) is 0 Å². The molecule has 1 N–H and O–H groups in total. The maximum atomic E-state index is 13.5. The molecule has 0 radical (unpaired) electrons. The summed E-state index contributed by atoms with van der Waals surface area (Å²) in [4.78, 5) is 25.3. The minimum absolute atomic E-state index is 0.102. The van der Waals surface area contributed by atoms with Gasteiger partial charge < -0.3 is 29.0 Å². The molecule has 10 heteroatoms. The Hall–Kier alpha value is -3.24. The molecule has 2 aromatic carbocycles. The lowest BCUT2D eigenvalue weighted by molar-refractivity contribution is -0.149. The van der Waals surface area contributed by atoms with Crippen LogP contribution >= 0.6 is 0 Å². The first kappa shape index (κ1) is 29.0. The molecule has 2 rings (SSSR count). The Morgan fingerprint density at radius 3 is 2.31 bits per heavy atom. The van der Waals surface area contributed by atoms with Crippen LogP contribution in [0.25, 0.3) is 0 Å². The summed E-state index contributed by atoms with van der Waals surface area (Å²) >= 11 is 0. The van der Waals surface area contributed by atoms with E-state index in [-0.39, 0.29) is 25.3 Å². The van der Waals surface area contributed by atoms with Crippen molar-refractivity contribution in [3.8, 4) is 11.5 Å². The number of hydrogen-bond acceptors (Lipinski definition) is 6. The molecule has 1 amide bonds. The highest BCUT2D eigenvalue weighted by Crippen LogP contribution is 2.17. The number of hydrogen-bond donors (Lipinski definition) is 1. The summed E-state index contributed by atoms with van der Waals surface area (Å²) in [5, 5.41) is 9.22. The van der Waals surface area contributed by atoms with Gasteiger partial charge in [0.1, 0.15) is 18.1 Å². The van der Waals surface area contributed by atoms with Gasteiger partial charge in [0.2, 0.25) is 0 Å². The molecule has 0 aliphatic carbocycles. The molecule has 1 unspecified atom stereocenters. The molecule has 0 aromatic heterocycles. The first-order valence-corrected chi connectivity index (χ1v) is 11.9. The summed E-state index contributed by atoms with van der Waals surface area (Å²) in [5.74, 6) is -2.72. The molecule has 0 bridgehead atoms. The minimum atomic E-state index is -1.11. The fraction of sp³-hybridized carbons (Fsp3) is 0.462. The van der Waals surface area contributed by atoms with Crippen molar-refractivity contribution in [3.05, 3.63) is 59.7 Å². The van der Waals surface area contributed by atoms with Crippen molar-refractivity contribution in [1.82, 2.24) is 4.90 Å². The summed E-state index contributed by atoms with van der Waals surface area (Å²) in [6.45, 7) is 5.78. The Morgan fingerprint density at radius 2 is 1.67 bits per heavy atom. The Balaban J connectivity index is 1.92. The van der Waals surface area contributed by atoms with E-state index in [1.165, 1.54) is 11.0 Å². The van der Waals surface area contributed by atoms with Crippen molar-refractivity contribution >= 4 is 12.1 Å². The summed E-state index contributed by atoms with van der Waals surface area (Å²) in [7, 11) is 0. The smallest absolute Gasteiger partial charge is 0.415 e. The number of aliphatic carboxylic acids is 1. The zero-order valence-electron chi connectivity index (χ0n) is 20.6. The van der Waals surface area contributed by atoms with Crippen LogP contribution in [-0.2, 0) is 20.7 Å². The fourth-order valence-corrected chi connectivity index (χ4v) is 3.23. The third kappa shape index (κ3) is 10.2. The highest BCUT2D eigenvalue weighted by Gasteiger charge is 2.19. The van der Waals surface area contributed by atoms with Crippen LogP contribution < -0.4 is 9.47 Å². The standard InChI is InChI=1S/C26H33F2NO7/c1-3-14-33-15-5-12-29(26(32)36-21-10-11-22(27)23(28)18-21)13-16-35-20-8-6-19(7-9-20)17-24(25(30)31)34-4-2/h6-11,18,24H,3-5,12-17H2,1-2H3,(H,30,31). The molecule has 198 valence electrons. The number of carbonyl (C=O) groups excluding carboxylic acids is 1. The Kier molecular flexibility index (Phi) is 12.6. The monoisotopic (exact) mass is 509 g/mol. The number of rotatable bonds is 16. The lowest BCUT2D eigenvalue weighted by Crippen LogP contribution is -2.38. The van der Waals surface area contributed by atoms with Crippen LogP contribution in [0.15, 0.2) is 42.5 Å². The van der Waals surface area contributed by atoms with Gasteiger partial charge in [-0.05, 0) is 49.6 Å². The number of amides is 1. The molecular weight excluding hydrogens is 476 g/mol. The molecule has 0 spiro atoms. The first-order chi connectivity index (χ1) is 17.3. The molecule has 0 saturated heterocycles. The lowest BCUT2D eigenvalue weighted by atomic mass is 10.1. The lowest BCUT2D eigenvalue weighted by Gasteiger charge is -2.22. The molecule has 0 fully saturated rings. The molecule has 0 aliphatic heterocycles. The Morgan fingerprint density at radius 1 is 0.944 bits per heavy atom. The van der Waals surface area contributed by atoms with Gasteiger partial charge in [0.05, 0.1) is 6.54 Å². The van der Waals surface area contributed by atoms with Gasteiger partial charge in [-0.25, -0.2) is 18.4 Å². The Bertz CT molecular complexity index is 956. The maximum absolute atomic E-state index is 13.5. The number of nitrogens with zero attached hydrogens (tertiary/aromatic N) is 1. The average Bonchev–Trinajstić information content (AvgIpc) is 2.85. The average molecular weight is 510 g/mol. The van der Waals surface area contributed by atoms with E-state index >= 15 is 0 Å². The molecule has 0 aliphatic rings. The molecule has 8 nitrogen and oxygen atoms in total. The van der Waals surface area contributed by atoms with Crippen LogP contribution in [0, 0.1) is 11.6 Å². The second-order valence-electron chi connectivity index (χ2n) is 7.88. The molecule has 36 heavy (non-hydrogen) atoms. The highest BCUT2D eigenvalue weighted by molar-refractivity contribution is 5.72. The van der Waals surface area contributed by atoms with Gasteiger partial charge in [-0.1, -0.05) is 19.1 Å². The number of ether oxygens (including phenoxy) is 4. The first-order valence-electron chi connectivity index (χ1n) is 11.9. The van der Waals surface area contributed by atoms with Crippen LogP contribution in [0.2, 0.25) is 0 Å². The maximum Gasteiger partial charge on any atom is 0.415 e. The van der Waals surface area contributed by atoms with E-state index in [0.717, 1.165) is 24.1 Å². The molecule has 2 aromatic rings. The third-order valence-electron chi connectivity index (χ3n) is 5.04. The van der Waals surface area contributed by atoms with Gasteiger partial charge in [0.15, 0.2) is 17.7 Å².